The van der Waals surface area contributed by atoms with Gasteiger partial charge >= 0.3 is 16.8 Å². The summed E-state index contributed by atoms with van der Waals surface area (Å²) >= 11 is 0. The molecule has 0 amide bonds. The molecule has 7 heteroatoms. The summed E-state index contributed by atoms with van der Waals surface area (Å²) in [5, 5.41) is 11.1. The van der Waals surface area contributed by atoms with Crippen LogP contribution in [0.15, 0.2) is 42.6 Å². The van der Waals surface area contributed by atoms with E-state index in [1.807, 2.05) is 12.3 Å². The van der Waals surface area contributed by atoms with Crippen LogP contribution in [0.2, 0.25) is 0 Å². The molecule has 0 aliphatic heterocycles. The Hall–Kier alpha value is -1.38. The van der Waals surface area contributed by atoms with Gasteiger partial charge in [-0.25, -0.2) is 0 Å². The molecule has 1 aromatic heterocycles. The zero-order chi connectivity index (χ0) is 26.6. The van der Waals surface area contributed by atoms with E-state index >= 15 is 0 Å². The summed E-state index contributed by atoms with van der Waals surface area (Å²) in [6.45, 7) is 16.8. The van der Waals surface area contributed by atoms with E-state index in [0.717, 1.165) is 70.4 Å². The molecule has 0 unspecified atom stereocenters. The third-order valence-electron chi connectivity index (χ3n) is 7.40. The molecule has 0 saturated heterocycles. The Balaban J connectivity index is 0.00000507. The number of aryl methyl sites for hydroxylation is 6. The first kappa shape index (κ1) is 38.6. The number of hydrogen-bond acceptors (Lipinski definition) is 4. The zero-order valence-corrected chi connectivity index (χ0v) is 29.4. The van der Waals surface area contributed by atoms with Gasteiger partial charge in [0.2, 0.25) is 0 Å². The van der Waals surface area contributed by atoms with Gasteiger partial charge in [-0.05, 0) is 83.5 Å². The third kappa shape index (κ3) is 10.5. The molecule has 0 atom stereocenters. The molecule has 0 fully saturated rings. The Morgan fingerprint density at radius 2 is 1.05 bits per heavy atom. The molecule has 1 radical (unpaired) electrons. The molecule has 0 aliphatic rings. The van der Waals surface area contributed by atoms with Crippen molar-refractivity contribution in [3.8, 4) is 0 Å². The Bertz CT molecular complexity index is 1100. The molecule has 0 spiro atoms. The number of hydrogen-bond donors (Lipinski definition) is 3. The fourth-order valence-corrected chi connectivity index (χ4v) is 5.12. The van der Waals surface area contributed by atoms with E-state index in [0.29, 0.717) is 0 Å². The number of nitrogens with zero attached hydrogens (tertiary/aromatic N) is 1. The summed E-state index contributed by atoms with van der Waals surface area (Å²) in [6, 6.07) is 13.7. The minimum atomic E-state index is 0. The minimum Gasteiger partial charge on any atom is -1.00 e. The van der Waals surface area contributed by atoms with E-state index in [-0.39, 0.29) is 50.7 Å². The molecule has 4 nitrogen and oxygen atoms in total. The SMILES string of the molecule is CCc1cc(CC)c(NCCNCc2ncccc2CNc2c(CC)cc(CC)cc2CC)c(CC)c1.[Br-].[Br-].[Co+2]. The second kappa shape index (κ2) is 20.5. The largest absolute Gasteiger partial charge is 2.00 e. The Morgan fingerprint density at radius 3 is 1.50 bits per heavy atom. The van der Waals surface area contributed by atoms with Crippen molar-refractivity contribution in [2.24, 2.45) is 0 Å². The monoisotopic (exact) mass is 717 g/mol. The van der Waals surface area contributed by atoms with Crippen molar-refractivity contribution >= 4 is 11.4 Å². The second-order valence-corrected chi connectivity index (χ2v) is 9.77. The number of benzene rings is 2. The smallest absolute Gasteiger partial charge is 1.00 e. The molecular weight excluding hydrogens is 671 g/mol. The van der Waals surface area contributed by atoms with Crippen molar-refractivity contribution in [2.45, 2.75) is 93.2 Å². The number of anilines is 2. The van der Waals surface area contributed by atoms with E-state index in [2.05, 4.69) is 87.8 Å². The van der Waals surface area contributed by atoms with Gasteiger partial charge in [0.05, 0.1) is 5.69 Å². The van der Waals surface area contributed by atoms with Crippen LogP contribution in [-0.2, 0) is 68.4 Å². The molecule has 40 heavy (non-hydrogen) atoms. The Morgan fingerprint density at radius 1 is 0.575 bits per heavy atom. The van der Waals surface area contributed by atoms with E-state index in [1.54, 1.807) is 0 Å². The molecule has 0 saturated carbocycles. The summed E-state index contributed by atoms with van der Waals surface area (Å²) < 4.78 is 0. The van der Waals surface area contributed by atoms with Crippen LogP contribution in [-0.4, -0.2) is 18.1 Å². The first-order valence-corrected chi connectivity index (χ1v) is 14.5. The summed E-state index contributed by atoms with van der Waals surface area (Å²) in [5.74, 6) is 0. The molecule has 3 N–H and O–H groups in total. The third-order valence-corrected chi connectivity index (χ3v) is 7.40. The van der Waals surface area contributed by atoms with Gasteiger partial charge in [0.15, 0.2) is 0 Å². The number of rotatable bonds is 15. The first-order chi connectivity index (χ1) is 18.1. The van der Waals surface area contributed by atoms with E-state index in [4.69, 9.17) is 4.98 Å². The van der Waals surface area contributed by atoms with E-state index in [1.165, 1.54) is 50.3 Å². The molecule has 2 aromatic carbocycles. The standard InChI is InChI=1S/C33H48N4.2BrH.Co/c1-7-24-18-26(9-3)32(27(10-4)19-24)36-17-16-34-23-31-30(14-13-15-35-31)22-37-33-28(11-5)20-25(8-2)21-29(33)12-6;;;/h13-15,18-21,34,36-37H,7-12,16-17,22-23H2,1-6H3;2*1H;/q;;;+2/p-2. The van der Waals surface area contributed by atoms with Gasteiger partial charge in [0.1, 0.15) is 0 Å². The van der Waals surface area contributed by atoms with Crippen LogP contribution in [0.3, 0.4) is 0 Å². The summed E-state index contributed by atoms with van der Waals surface area (Å²) in [6.07, 6.45) is 8.27. The maximum atomic E-state index is 4.71. The van der Waals surface area contributed by atoms with Crippen LogP contribution in [0.5, 0.6) is 0 Å². The quantitative estimate of drug-likeness (QED) is 0.208. The van der Waals surface area contributed by atoms with Crippen molar-refractivity contribution in [1.82, 2.24) is 10.3 Å². The van der Waals surface area contributed by atoms with Crippen LogP contribution in [0.1, 0.15) is 86.2 Å². The number of aromatic nitrogens is 1. The number of nitrogens with one attached hydrogen (secondary N) is 3. The van der Waals surface area contributed by atoms with Crippen LogP contribution in [0.4, 0.5) is 11.4 Å². The average molecular weight is 720 g/mol. The van der Waals surface area contributed by atoms with Crippen molar-refractivity contribution < 1.29 is 50.7 Å². The maximum Gasteiger partial charge on any atom is 2.00 e. The van der Waals surface area contributed by atoms with Crippen LogP contribution in [0.25, 0.3) is 0 Å². The molecule has 3 aromatic rings. The first-order valence-electron chi connectivity index (χ1n) is 14.5. The predicted octanol–water partition coefficient (Wildman–Crippen LogP) is 1.28. The Kier molecular flexibility index (Phi) is 19.8. The minimum absolute atomic E-state index is 0. The van der Waals surface area contributed by atoms with E-state index in [9.17, 15) is 0 Å². The normalized spacial score (nSPS) is 10.2. The number of halogens is 2. The van der Waals surface area contributed by atoms with Gasteiger partial charge in [0.25, 0.3) is 0 Å². The molecule has 0 aliphatic carbocycles. The van der Waals surface area contributed by atoms with E-state index < -0.39 is 0 Å². The van der Waals surface area contributed by atoms with Gasteiger partial charge in [-0.2, -0.15) is 0 Å². The number of pyridine rings is 1. The summed E-state index contributed by atoms with van der Waals surface area (Å²) in [5.41, 5.74) is 13.6. The van der Waals surface area contributed by atoms with Crippen molar-refractivity contribution in [1.29, 1.82) is 0 Å². The van der Waals surface area contributed by atoms with Gasteiger partial charge < -0.3 is 49.9 Å². The predicted molar refractivity (Wildman–Crippen MR) is 161 cm³/mol. The van der Waals surface area contributed by atoms with Crippen LogP contribution < -0.4 is 49.9 Å². The maximum absolute atomic E-state index is 4.71. The summed E-state index contributed by atoms with van der Waals surface area (Å²) in [7, 11) is 0. The van der Waals surface area contributed by atoms with Crippen molar-refractivity contribution in [3.63, 3.8) is 0 Å². The van der Waals surface area contributed by atoms with Crippen LogP contribution in [0, 0.1) is 0 Å². The van der Waals surface area contributed by atoms with Gasteiger partial charge in [-0.3, -0.25) is 4.98 Å². The Labute approximate surface area is 275 Å². The fourth-order valence-electron chi connectivity index (χ4n) is 5.12. The van der Waals surface area contributed by atoms with Crippen molar-refractivity contribution in [3.05, 3.63) is 87.2 Å². The van der Waals surface area contributed by atoms with Gasteiger partial charge in [-0.15, -0.1) is 0 Å². The molecular formula is C33H48Br2CoN4. The van der Waals surface area contributed by atoms with Crippen LogP contribution >= 0.6 is 0 Å². The molecule has 3 rings (SSSR count). The van der Waals surface area contributed by atoms with Crippen molar-refractivity contribution in [2.75, 3.05) is 23.7 Å². The molecule has 1 heterocycles. The topological polar surface area (TPSA) is 49.0 Å². The molecule has 0 bridgehead atoms. The van der Waals surface area contributed by atoms with Gasteiger partial charge in [0, 0.05) is 43.8 Å². The second-order valence-electron chi connectivity index (χ2n) is 9.77. The molecule has 223 valence electrons. The zero-order valence-electron chi connectivity index (χ0n) is 25.1. The van der Waals surface area contributed by atoms with Gasteiger partial charge in [-0.1, -0.05) is 71.9 Å². The average Bonchev–Trinajstić information content (AvgIpc) is 2.95. The summed E-state index contributed by atoms with van der Waals surface area (Å²) in [4.78, 5) is 4.71. The fraction of sp³-hybridized carbons (Fsp3) is 0.485.